The molecule has 0 saturated heterocycles. The Labute approximate surface area is 222 Å². The molecule has 0 spiro atoms. The Morgan fingerprint density at radius 3 is 2.16 bits per heavy atom. The normalized spacial score (nSPS) is 18.2. The molecule has 210 valence electrons. The molecule has 0 radical (unpaired) electrons. The second kappa shape index (κ2) is 14.1. The third-order valence-electron chi connectivity index (χ3n) is 6.74. The van der Waals surface area contributed by atoms with Crippen LogP contribution in [0, 0.1) is 19.8 Å². The summed E-state index contributed by atoms with van der Waals surface area (Å²) >= 11 is 0. The number of hydrogen-bond acceptors (Lipinski definition) is 7. The Bertz CT molecular complexity index is 999. The lowest BCUT2D eigenvalue weighted by Gasteiger charge is -2.32. The van der Waals surface area contributed by atoms with Crippen molar-refractivity contribution in [1.82, 2.24) is 19.4 Å². The van der Waals surface area contributed by atoms with Gasteiger partial charge < -0.3 is 24.6 Å². The molecule has 0 atom stereocenters. The van der Waals surface area contributed by atoms with E-state index < -0.39 is 10.0 Å². The Kier molecular flexibility index (Phi) is 11.8. The van der Waals surface area contributed by atoms with E-state index in [1.807, 2.05) is 19.0 Å². The van der Waals surface area contributed by atoms with Crippen LogP contribution in [0.4, 0.5) is 0 Å². The number of likely N-dealkylation sites (N-methyl/N-ethyl adjacent to an activating group) is 3. The van der Waals surface area contributed by atoms with E-state index in [4.69, 9.17) is 9.47 Å². The van der Waals surface area contributed by atoms with Gasteiger partial charge in [0.2, 0.25) is 21.8 Å². The summed E-state index contributed by atoms with van der Waals surface area (Å²) in [7, 11) is 4.86. The minimum atomic E-state index is -3.71. The van der Waals surface area contributed by atoms with E-state index in [0.29, 0.717) is 35.9 Å². The molecule has 0 aromatic heterocycles. The van der Waals surface area contributed by atoms with Gasteiger partial charge in [-0.05, 0) is 82.8 Å². The summed E-state index contributed by atoms with van der Waals surface area (Å²) in [6.45, 7) is 4.67. The van der Waals surface area contributed by atoms with Gasteiger partial charge in [-0.25, -0.2) is 8.42 Å². The van der Waals surface area contributed by atoms with Crippen LogP contribution in [0.5, 0.6) is 5.75 Å². The van der Waals surface area contributed by atoms with E-state index >= 15 is 0 Å². The highest BCUT2D eigenvalue weighted by Gasteiger charge is 2.26. The van der Waals surface area contributed by atoms with Crippen molar-refractivity contribution in [2.45, 2.75) is 50.5 Å². The first kappa shape index (κ1) is 31.0. The van der Waals surface area contributed by atoms with Gasteiger partial charge in [0.1, 0.15) is 12.4 Å². The van der Waals surface area contributed by atoms with Gasteiger partial charge in [0.25, 0.3) is 0 Å². The summed E-state index contributed by atoms with van der Waals surface area (Å²) in [5, 5.41) is 3.09. The van der Waals surface area contributed by atoms with Gasteiger partial charge in [-0.1, -0.05) is 0 Å². The summed E-state index contributed by atoms with van der Waals surface area (Å²) in [4.78, 5) is 28.3. The lowest BCUT2D eigenvalue weighted by Crippen LogP contribution is -2.43. The average molecular weight is 541 g/mol. The number of nitrogens with one attached hydrogen (secondary N) is 1. The van der Waals surface area contributed by atoms with Crippen LogP contribution in [0.1, 0.15) is 36.8 Å². The quantitative estimate of drug-likeness (QED) is 0.379. The highest BCUT2D eigenvalue weighted by Crippen LogP contribution is 2.28. The molecule has 11 heteroatoms. The van der Waals surface area contributed by atoms with E-state index in [0.717, 1.165) is 25.7 Å². The van der Waals surface area contributed by atoms with Crippen molar-refractivity contribution >= 4 is 21.8 Å². The first-order valence-corrected chi connectivity index (χ1v) is 14.2. The number of sulfonamides is 1. The fourth-order valence-corrected chi connectivity index (χ4v) is 6.27. The van der Waals surface area contributed by atoms with Gasteiger partial charge in [-0.3, -0.25) is 9.59 Å². The Hall–Kier alpha value is -2.21. The Morgan fingerprint density at radius 1 is 1.03 bits per heavy atom. The zero-order chi connectivity index (χ0) is 27.8. The van der Waals surface area contributed by atoms with Crippen molar-refractivity contribution in [3.8, 4) is 5.75 Å². The lowest BCUT2D eigenvalue weighted by atomic mass is 9.85. The molecule has 0 heterocycles. The fraction of sp³-hybridized carbons (Fsp3) is 0.692. The highest BCUT2D eigenvalue weighted by atomic mass is 32.2. The fourth-order valence-electron chi connectivity index (χ4n) is 4.71. The van der Waals surface area contributed by atoms with E-state index in [-0.39, 0.29) is 42.5 Å². The van der Waals surface area contributed by atoms with Gasteiger partial charge in [0, 0.05) is 33.2 Å². The monoisotopic (exact) mass is 540 g/mol. The van der Waals surface area contributed by atoms with Crippen LogP contribution in [0.25, 0.3) is 0 Å². The number of ether oxygens (including phenoxy) is 2. The number of methoxy groups -OCH3 is 1. The summed E-state index contributed by atoms with van der Waals surface area (Å²) in [6, 6.07) is 3.60. The number of amides is 2. The third kappa shape index (κ3) is 9.24. The molecule has 1 aliphatic rings. The number of carbonyl (C=O) groups excluding carboxylic acids is 2. The van der Waals surface area contributed by atoms with E-state index in [1.54, 1.807) is 45.0 Å². The van der Waals surface area contributed by atoms with Gasteiger partial charge in [-0.2, -0.15) is 4.31 Å². The number of aryl methyl sites for hydroxylation is 2. The van der Waals surface area contributed by atoms with Gasteiger partial charge in [-0.15, -0.1) is 0 Å². The molecular formula is C26H44N4O6S. The predicted octanol–water partition coefficient (Wildman–Crippen LogP) is 1.64. The Morgan fingerprint density at radius 2 is 1.62 bits per heavy atom. The first-order chi connectivity index (χ1) is 17.3. The smallest absolute Gasteiger partial charge is 0.248 e. The van der Waals surface area contributed by atoms with Gasteiger partial charge >= 0.3 is 0 Å². The van der Waals surface area contributed by atoms with E-state index in [9.17, 15) is 18.0 Å². The largest absolute Gasteiger partial charge is 0.497 e. The van der Waals surface area contributed by atoms with Crippen molar-refractivity contribution in [3.63, 3.8) is 0 Å². The molecule has 37 heavy (non-hydrogen) atoms. The minimum absolute atomic E-state index is 0.0469. The molecule has 1 saturated carbocycles. The number of nitrogens with zero attached hydrogens (tertiary/aromatic N) is 3. The first-order valence-electron chi connectivity index (χ1n) is 12.7. The molecule has 0 unspecified atom stereocenters. The second-order valence-electron chi connectivity index (χ2n) is 10.3. The van der Waals surface area contributed by atoms with Crippen LogP contribution >= 0.6 is 0 Å². The summed E-state index contributed by atoms with van der Waals surface area (Å²) in [6.07, 6.45) is 3.74. The van der Waals surface area contributed by atoms with Crippen molar-refractivity contribution < 1.29 is 27.5 Å². The van der Waals surface area contributed by atoms with Crippen molar-refractivity contribution in [2.24, 2.45) is 5.92 Å². The summed E-state index contributed by atoms with van der Waals surface area (Å²) in [5.74, 6) is 0.921. The zero-order valence-electron chi connectivity index (χ0n) is 23.4. The van der Waals surface area contributed by atoms with Crippen LogP contribution in [-0.4, -0.2) is 109 Å². The molecule has 2 rings (SSSR count). The molecule has 1 N–H and O–H groups in total. The van der Waals surface area contributed by atoms with Crippen molar-refractivity contribution in [1.29, 1.82) is 0 Å². The third-order valence-corrected chi connectivity index (χ3v) is 8.91. The number of carbonyl (C=O) groups is 2. The van der Waals surface area contributed by atoms with Crippen LogP contribution in [0.3, 0.4) is 0 Å². The average Bonchev–Trinajstić information content (AvgIpc) is 2.81. The number of rotatable bonds is 13. The molecule has 0 bridgehead atoms. The summed E-state index contributed by atoms with van der Waals surface area (Å²) < 4.78 is 38.2. The van der Waals surface area contributed by atoms with Crippen LogP contribution in [-0.2, 0) is 24.3 Å². The SMILES string of the molecule is COc1cc(C)c(S(=O)(=O)N(C)CCOCC(=O)N(C)C[C@H]2CC[C@H](NC(=O)CN(C)C)CC2)c(C)c1. The molecule has 1 aromatic carbocycles. The maximum Gasteiger partial charge on any atom is 0.248 e. The number of hydrogen-bond donors (Lipinski definition) is 1. The van der Waals surface area contributed by atoms with Crippen LogP contribution in [0.2, 0.25) is 0 Å². The zero-order valence-corrected chi connectivity index (χ0v) is 24.2. The predicted molar refractivity (Wildman–Crippen MR) is 143 cm³/mol. The van der Waals surface area contributed by atoms with Gasteiger partial charge in [0.05, 0.1) is 25.2 Å². The summed E-state index contributed by atoms with van der Waals surface area (Å²) in [5.41, 5.74) is 1.23. The van der Waals surface area contributed by atoms with Gasteiger partial charge in [0.15, 0.2) is 0 Å². The second-order valence-corrected chi connectivity index (χ2v) is 12.2. The Balaban J connectivity index is 1.73. The van der Waals surface area contributed by atoms with Crippen molar-refractivity contribution in [3.05, 3.63) is 23.3 Å². The molecule has 1 aliphatic carbocycles. The topological polar surface area (TPSA) is 108 Å². The maximum atomic E-state index is 13.1. The van der Waals surface area contributed by atoms with E-state index in [2.05, 4.69) is 5.32 Å². The van der Waals surface area contributed by atoms with Crippen LogP contribution < -0.4 is 10.1 Å². The minimum Gasteiger partial charge on any atom is -0.497 e. The maximum absolute atomic E-state index is 13.1. The molecular weight excluding hydrogens is 496 g/mol. The molecule has 2 amide bonds. The van der Waals surface area contributed by atoms with Crippen molar-refractivity contribution in [2.75, 3.05) is 68.1 Å². The molecule has 1 aromatic rings. The highest BCUT2D eigenvalue weighted by molar-refractivity contribution is 7.89. The standard InChI is InChI=1S/C26H44N4O6S/c1-19-14-23(35-7)15-20(2)26(19)37(33,34)30(6)12-13-36-18-25(32)29(5)16-21-8-10-22(11-9-21)27-24(31)17-28(3)4/h14-15,21-22H,8-13,16-18H2,1-7H3,(H,27,31)/t21-,22-. The molecule has 0 aliphatic heterocycles. The van der Waals surface area contributed by atoms with E-state index in [1.165, 1.54) is 11.4 Å². The number of benzene rings is 1. The lowest BCUT2D eigenvalue weighted by molar-refractivity contribution is -0.135. The van der Waals surface area contributed by atoms with Crippen LogP contribution in [0.15, 0.2) is 17.0 Å². The molecule has 10 nitrogen and oxygen atoms in total. The molecule has 1 fully saturated rings.